The van der Waals surface area contributed by atoms with Crippen LogP contribution in [0.15, 0.2) is 59.1 Å². The van der Waals surface area contributed by atoms with Gasteiger partial charge >= 0.3 is 0 Å². The summed E-state index contributed by atoms with van der Waals surface area (Å²) in [6.07, 6.45) is 3.35. The Morgan fingerprint density at radius 3 is 2.45 bits per heavy atom. The van der Waals surface area contributed by atoms with Crippen molar-refractivity contribution in [1.29, 1.82) is 0 Å². The first kappa shape index (κ1) is 16.3. The number of rotatable bonds is 5. The van der Waals surface area contributed by atoms with Crippen LogP contribution < -0.4 is 10.2 Å². The monoisotopic (exact) mass is 358 g/mol. The van der Waals surface area contributed by atoms with Crippen LogP contribution in [0.25, 0.3) is 6.08 Å². The Bertz CT molecular complexity index is 663. The summed E-state index contributed by atoms with van der Waals surface area (Å²) in [7, 11) is 4.01. The van der Waals surface area contributed by atoms with E-state index in [0.29, 0.717) is 6.54 Å². The van der Waals surface area contributed by atoms with E-state index in [4.69, 9.17) is 0 Å². The van der Waals surface area contributed by atoms with Gasteiger partial charge in [-0.25, -0.2) is 0 Å². The molecular weight excluding hydrogens is 340 g/mol. The number of benzene rings is 2. The van der Waals surface area contributed by atoms with Crippen LogP contribution in [0.4, 0.5) is 5.69 Å². The fourth-order valence-corrected chi connectivity index (χ4v) is 2.35. The van der Waals surface area contributed by atoms with E-state index in [1.54, 1.807) is 12.2 Å². The number of amides is 1. The van der Waals surface area contributed by atoms with Crippen LogP contribution in [-0.2, 0) is 11.3 Å². The van der Waals surface area contributed by atoms with Crippen molar-refractivity contribution in [3.63, 3.8) is 0 Å². The number of hydrogen-bond donors (Lipinski definition) is 1. The average Bonchev–Trinajstić information content (AvgIpc) is 2.52. The van der Waals surface area contributed by atoms with Crippen molar-refractivity contribution in [2.24, 2.45) is 0 Å². The van der Waals surface area contributed by atoms with E-state index in [-0.39, 0.29) is 5.91 Å². The van der Waals surface area contributed by atoms with Crippen LogP contribution >= 0.6 is 15.9 Å². The van der Waals surface area contributed by atoms with Gasteiger partial charge in [0.05, 0.1) is 0 Å². The molecule has 0 radical (unpaired) electrons. The maximum atomic E-state index is 11.9. The summed E-state index contributed by atoms with van der Waals surface area (Å²) in [4.78, 5) is 13.9. The molecule has 4 heteroatoms. The number of carbonyl (C=O) groups excluding carboxylic acids is 1. The Morgan fingerprint density at radius 1 is 1.14 bits per heavy atom. The molecule has 3 nitrogen and oxygen atoms in total. The van der Waals surface area contributed by atoms with Gasteiger partial charge in [0.25, 0.3) is 0 Å². The quantitative estimate of drug-likeness (QED) is 0.823. The number of carbonyl (C=O) groups is 1. The first-order valence-electron chi connectivity index (χ1n) is 7.03. The number of halogens is 1. The van der Waals surface area contributed by atoms with Gasteiger partial charge in [-0.3, -0.25) is 4.79 Å². The average molecular weight is 359 g/mol. The Labute approximate surface area is 139 Å². The van der Waals surface area contributed by atoms with E-state index in [1.807, 2.05) is 67.5 Å². The molecule has 22 heavy (non-hydrogen) atoms. The van der Waals surface area contributed by atoms with Gasteiger partial charge in [-0.15, -0.1) is 0 Å². The van der Waals surface area contributed by atoms with Gasteiger partial charge in [-0.05, 0) is 35.4 Å². The third kappa shape index (κ3) is 4.74. The maximum absolute atomic E-state index is 11.9. The molecule has 0 aliphatic rings. The second kappa shape index (κ2) is 7.80. The Balaban J connectivity index is 1.89. The predicted molar refractivity (Wildman–Crippen MR) is 95.8 cm³/mol. The summed E-state index contributed by atoms with van der Waals surface area (Å²) in [6.45, 7) is 0.521. The summed E-state index contributed by atoms with van der Waals surface area (Å²) in [5.41, 5.74) is 3.20. The summed E-state index contributed by atoms with van der Waals surface area (Å²) in [5, 5.41) is 2.88. The van der Waals surface area contributed by atoms with Crippen molar-refractivity contribution in [2.75, 3.05) is 19.0 Å². The van der Waals surface area contributed by atoms with Gasteiger partial charge in [-0.1, -0.05) is 46.3 Å². The van der Waals surface area contributed by atoms with Gasteiger partial charge in [-0.2, -0.15) is 0 Å². The Kier molecular flexibility index (Phi) is 5.78. The zero-order chi connectivity index (χ0) is 15.9. The first-order valence-corrected chi connectivity index (χ1v) is 7.82. The molecule has 2 aromatic carbocycles. The molecule has 0 aliphatic carbocycles. The molecule has 1 amide bonds. The lowest BCUT2D eigenvalue weighted by Gasteiger charge is -2.12. The molecule has 0 spiro atoms. The predicted octanol–water partition coefficient (Wildman–Crippen LogP) is 3.84. The van der Waals surface area contributed by atoms with E-state index < -0.39 is 0 Å². The second-order valence-corrected chi connectivity index (χ2v) is 5.99. The van der Waals surface area contributed by atoms with Gasteiger partial charge in [0.1, 0.15) is 0 Å². The summed E-state index contributed by atoms with van der Waals surface area (Å²) >= 11 is 3.45. The topological polar surface area (TPSA) is 32.3 Å². The number of hydrogen-bond acceptors (Lipinski definition) is 2. The smallest absolute Gasteiger partial charge is 0.244 e. The van der Waals surface area contributed by atoms with E-state index >= 15 is 0 Å². The van der Waals surface area contributed by atoms with E-state index in [2.05, 4.69) is 21.2 Å². The van der Waals surface area contributed by atoms with Gasteiger partial charge in [0, 0.05) is 36.9 Å². The molecule has 0 saturated carbocycles. The summed E-state index contributed by atoms with van der Waals surface area (Å²) < 4.78 is 0.971. The Morgan fingerprint density at radius 2 is 1.82 bits per heavy atom. The van der Waals surface area contributed by atoms with E-state index in [0.717, 1.165) is 21.3 Å². The van der Waals surface area contributed by atoms with Crippen LogP contribution in [0.1, 0.15) is 11.1 Å². The van der Waals surface area contributed by atoms with Crippen molar-refractivity contribution < 1.29 is 4.79 Å². The highest BCUT2D eigenvalue weighted by molar-refractivity contribution is 9.10. The zero-order valence-electron chi connectivity index (χ0n) is 12.7. The standard InChI is InChI=1S/C18H19BrN2O/c1-21(2)16-10-7-14(8-11-16)13-20-18(22)12-9-15-5-3-4-6-17(15)19/h3-12H,13H2,1-2H3,(H,20,22)/b12-9+. The molecule has 0 unspecified atom stereocenters. The van der Waals surface area contributed by atoms with Gasteiger partial charge < -0.3 is 10.2 Å². The molecule has 0 fully saturated rings. The van der Waals surface area contributed by atoms with E-state index in [9.17, 15) is 4.79 Å². The minimum atomic E-state index is -0.104. The molecule has 0 heterocycles. The van der Waals surface area contributed by atoms with Crippen molar-refractivity contribution in [3.8, 4) is 0 Å². The van der Waals surface area contributed by atoms with Crippen molar-refractivity contribution in [2.45, 2.75) is 6.54 Å². The number of nitrogens with one attached hydrogen (secondary N) is 1. The van der Waals surface area contributed by atoms with Crippen LogP contribution in [0.5, 0.6) is 0 Å². The minimum absolute atomic E-state index is 0.104. The zero-order valence-corrected chi connectivity index (χ0v) is 14.3. The van der Waals surface area contributed by atoms with Crippen LogP contribution in [0, 0.1) is 0 Å². The molecule has 2 rings (SSSR count). The second-order valence-electron chi connectivity index (χ2n) is 5.13. The van der Waals surface area contributed by atoms with E-state index in [1.165, 1.54) is 0 Å². The lowest BCUT2D eigenvalue weighted by Crippen LogP contribution is -2.20. The molecule has 0 aromatic heterocycles. The summed E-state index contributed by atoms with van der Waals surface area (Å²) in [6, 6.07) is 15.9. The molecule has 0 saturated heterocycles. The number of nitrogens with zero attached hydrogens (tertiary/aromatic N) is 1. The number of anilines is 1. The lowest BCUT2D eigenvalue weighted by molar-refractivity contribution is -0.116. The molecule has 1 N–H and O–H groups in total. The highest BCUT2D eigenvalue weighted by atomic mass is 79.9. The SMILES string of the molecule is CN(C)c1ccc(CNC(=O)/C=C/c2ccccc2Br)cc1. The molecule has 0 atom stereocenters. The fourth-order valence-electron chi connectivity index (χ4n) is 1.94. The molecular formula is C18H19BrN2O. The van der Waals surface area contributed by atoms with Gasteiger partial charge in [0.2, 0.25) is 5.91 Å². The van der Waals surface area contributed by atoms with Crippen LogP contribution in [-0.4, -0.2) is 20.0 Å². The third-order valence-electron chi connectivity index (χ3n) is 3.24. The molecule has 0 aliphatic heterocycles. The van der Waals surface area contributed by atoms with Crippen molar-refractivity contribution >= 4 is 33.6 Å². The minimum Gasteiger partial charge on any atom is -0.378 e. The molecule has 2 aromatic rings. The lowest BCUT2D eigenvalue weighted by atomic mass is 10.2. The largest absolute Gasteiger partial charge is 0.378 e. The molecule has 0 bridgehead atoms. The van der Waals surface area contributed by atoms with Crippen molar-refractivity contribution in [1.82, 2.24) is 5.32 Å². The van der Waals surface area contributed by atoms with Crippen molar-refractivity contribution in [3.05, 3.63) is 70.2 Å². The normalized spacial score (nSPS) is 10.7. The first-order chi connectivity index (χ1) is 10.6. The van der Waals surface area contributed by atoms with Gasteiger partial charge in [0.15, 0.2) is 0 Å². The highest BCUT2D eigenvalue weighted by Crippen LogP contribution is 2.17. The highest BCUT2D eigenvalue weighted by Gasteiger charge is 1.99. The van der Waals surface area contributed by atoms with Crippen LogP contribution in [0.3, 0.4) is 0 Å². The van der Waals surface area contributed by atoms with Crippen LogP contribution in [0.2, 0.25) is 0 Å². The summed E-state index contributed by atoms with van der Waals surface area (Å²) in [5.74, 6) is -0.104. The maximum Gasteiger partial charge on any atom is 0.244 e. The fraction of sp³-hybridized carbons (Fsp3) is 0.167. The Hall–Kier alpha value is -2.07. The molecule has 114 valence electrons. The third-order valence-corrected chi connectivity index (χ3v) is 3.96.